The van der Waals surface area contributed by atoms with E-state index in [1.165, 1.54) is 0 Å². The van der Waals surface area contributed by atoms with Crippen LogP contribution in [0.15, 0.2) is 0 Å². The molecule has 0 saturated carbocycles. The van der Waals surface area contributed by atoms with Crippen molar-refractivity contribution < 1.29 is 14.7 Å². The summed E-state index contributed by atoms with van der Waals surface area (Å²) in [5, 5.41) is 12.4. The van der Waals surface area contributed by atoms with Gasteiger partial charge in [-0.15, -0.1) is 0 Å². The summed E-state index contributed by atoms with van der Waals surface area (Å²) in [6, 6.07) is 0.135. The first kappa shape index (κ1) is 17.1. The van der Waals surface area contributed by atoms with Crippen molar-refractivity contribution in [2.45, 2.75) is 45.6 Å². The van der Waals surface area contributed by atoms with E-state index in [9.17, 15) is 14.7 Å². The number of carboxylic acids is 1. The van der Waals surface area contributed by atoms with Crippen LogP contribution < -0.4 is 5.32 Å². The smallest absolute Gasteiger partial charge is 0.317 e. The molecule has 0 aliphatic carbocycles. The molecule has 116 valence electrons. The van der Waals surface area contributed by atoms with Crippen LogP contribution >= 0.6 is 11.8 Å². The van der Waals surface area contributed by atoms with Gasteiger partial charge in [0.2, 0.25) is 0 Å². The predicted octanol–water partition coefficient (Wildman–Crippen LogP) is 2.41. The standard InChI is InChI=1S/C14H26N2O3S/c1-4-11(10-20-3)15-13(19)16-8-6-14(5-2,7-9-16)12(17)18/h11H,4-10H2,1-3H3,(H,15,19)(H,17,18). The number of nitrogens with zero attached hydrogens (tertiary/aromatic N) is 1. The second-order valence-corrected chi connectivity index (χ2v) is 6.35. The average molecular weight is 302 g/mol. The Morgan fingerprint density at radius 1 is 1.35 bits per heavy atom. The zero-order valence-electron chi connectivity index (χ0n) is 12.6. The minimum absolute atomic E-state index is 0.0546. The molecule has 2 N–H and O–H groups in total. The largest absolute Gasteiger partial charge is 0.481 e. The summed E-state index contributed by atoms with van der Waals surface area (Å²) in [6.07, 6.45) is 4.66. The van der Waals surface area contributed by atoms with E-state index in [1.54, 1.807) is 16.7 Å². The number of nitrogens with one attached hydrogen (secondary N) is 1. The lowest BCUT2D eigenvalue weighted by Gasteiger charge is -2.38. The van der Waals surface area contributed by atoms with E-state index in [0.717, 1.165) is 12.2 Å². The maximum atomic E-state index is 12.2. The molecule has 1 unspecified atom stereocenters. The number of carboxylic acid groups (broad SMARTS) is 1. The van der Waals surface area contributed by atoms with Crippen LogP contribution in [-0.4, -0.2) is 53.1 Å². The van der Waals surface area contributed by atoms with Crippen molar-refractivity contribution in [3.63, 3.8) is 0 Å². The normalized spacial score (nSPS) is 19.4. The number of likely N-dealkylation sites (tertiary alicyclic amines) is 1. The molecule has 1 rings (SSSR count). The summed E-state index contributed by atoms with van der Waals surface area (Å²) < 4.78 is 0. The number of carbonyl (C=O) groups excluding carboxylic acids is 1. The summed E-state index contributed by atoms with van der Waals surface area (Å²) in [5.41, 5.74) is -0.639. The summed E-state index contributed by atoms with van der Waals surface area (Å²) in [7, 11) is 0. The van der Waals surface area contributed by atoms with E-state index in [4.69, 9.17) is 0 Å². The lowest BCUT2D eigenvalue weighted by atomic mass is 9.76. The summed E-state index contributed by atoms with van der Waals surface area (Å²) in [5.74, 6) is 0.179. The van der Waals surface area contributed by atoms with Crippen LogP contribution in [0, 0.1) is 5.41 Å². The maximum absolute atomic E-state index is 12.2. The molecule has 6 heteroatoms. The fraction of sp³-hybridized carbons (Fsp3) is 0.857. The van der Waals surface area contributed by atoms with E-state index < -0.39 is 11.4 Å². The van der Waals surface area contributed by atoms with Crippen molar-refractivity contribution in [3.8, 4) is 0 Å². The van der Waals surface area contributed by atoms with Gasteiger partial charge in [-0.2, -0.15) is 11.8 Å². The van der Waals surface area contributed by atoms with Crippen molar-refractivity contribution in [2.24, 2.45) is 5.41 Å². The molecule has 1 aliphatic heterocycles. The minimum Gasteiger partial charge on any atom is -0.481 e. The fourth-order valence-electron chi connectivity index (χ4n) is 2.59. The zero-order valence-corrected chi connectivity index (χ0v) is 13.5. The first-order valence-corrected chi connectivity index (χ1v) is 8.66. The van der Waals surface area contributed by atoms with Crippen LogP contribution in [0.25, 0.3) is 0 Å². The lowest BCUT2D eigenvalue weighted by Crippen LogP contribution is -2.51. The quantitative estimate of drug-likeness (QED) is 0.790. The first-order valence-electron chi connectivity index (χ1n) is 7.26. The number of piperidine rings is 1. The molecule has 5 nitrogen and oxygen atoms in total. The Morgan fingerprint density at radius 3 is 2.35 bits per heavy atom. The first-order chi connectivity index (χ1) is 9.49. The number of aliphatic carboxylic acids is 1. The number of rotatable bonds is 6. The van der Waals surface area contributed by atoms with Gasteiger partial charge in [-0.1, -0.05) is 13.8 Å². The Bertz CT molecular complexity index is 341. The number of hydrogen-bond acceptors (Lipinski definition) is 3. The van der Waals surface area contributed by atoms with E-state index in [1.807, 2.05) is 13.2 Å². The molecule has 0 spiro atoms. The van der Waals surface area contributed by atoms with Crippen LogP contribution in [0.3, 0.4) is 0 Å². The molecule has 1 saturated heterocycles. The van der Waals surface area contributed by atoms with Crippen molar-refractivity contribution in [2.75, 3.05) is 25.1 Å². The van der Waals surface area contributed by atoms with Gasteiger partial charge in [0.05, 0.1) is 5.41 Å². The third-order valence-corrected chi connectivity index (χ3v) is 5.06. The minimum atomic E-state index is -0.728. The molecular weight excluding hydrogens is 276 g/mol. The molecule has 1 heterocycles. The second-order valence-electron chi connectivity index (χ2n) is 5.44. The SMILES string of the molecule is CCC(CSC)NC(=O)N1CCC(CC)(C(=O)O)CC1. The summed E-state index contributed by atoms with van der Waals surface area (Å²) >= 11 is 1.72. The summed E-state index contributed by atoms with van der Waals surface area (Å²) in [4.78, 5) is 25.3. The van der Waals surface area contributed by atoms with Crippen LogP contribution in [0.2, 0.25) is 0 Å². The van der Waals surface area contributed by atoms with E-state index in [-0.39, 0.29) is 12.1 Å². The Morgan fingerprint density at radius 2 is 1.95 bits per heavy atom. The van der Waals surface area contributed by atoms with Gasteiger partial charge in [0.15, 0.2) is 0 Å². The van der Waals surface area contributed by atoms with Crippen LogP contribution in [-0.2, 0) is 4.79 Å². The lowest BCUT2D eigenvalue weighted by molar-refractivity contribution is -0.151. The molecule has 1 atom stereocenters. The van der Waals surface area contributed by atoms with Gasteiger partial charge in [0, 0.05) is 24.9 Å². The van der Waals surface area contributed by atoms with Gasteiger partial charge < -0.3 is 15.3 Å². The van der Waals surface area contributed by atoms with Gasteiger partial charge >= 0.3 is 12.0 Å². The van der Waals surface area contributed by atoms with Crippen LogP contribution in [0.4, 0.5) is 4.79 Å². The third-order valence-electron chi connectivity index (χ3n) is 4.33. The topological polar surface area (TPSA) is 69.6 Å². The maximum Gasteiger partial charge on any atom is 0.317 e. The van der Waals surface area contributed by atoms with Crippen molar-refractivity contribution in [3.05, 3.63) is 0 Å². The van der Waals surface area contributed by atoms with E-state index in [2.05, 4.69) is 12.2 Å². The van der Waals surface area contributed by atoms with Crippen LogP contribution in [0.5, 0.6) is 0 Å². The highest BCUT2D eigenvalue weighted by atomic mass is 32.2. The fourth-order valence-corrected chi connectivity index (χ4v) is 3.31. The predicted molar refractivity (Wildman–Crippen MR) is 82.2 cm³/mol. The van der Waals surface area contributed by atoms with E-state index in [0.29, 0.717) is 32.4 Å². The highest BCUT2D eigenvalue weighted by molar-refractivity contribution is 7.98. The molecule has 1 fully saturated rings. The average Bonchev–Trinajstić information content (AvgIpc) is 2.46. The number of urea groups is 1. The van der Waals surface area contributed by atoms with Gasteiger partial charge in [-0.25, -0.2) is 4.79 Å². The highest BCUT2D eigenvalue weighted by Crippen LogP contribution is 2.35. The molecular formula is C14H26N2O3S. The summed E-state index contributed by atoms with van der Waals surface area (Å²) in [6.45, 7) is 5.03. The molecule has 20 heavy (non-hydrogen) atoms. The van der Waals surface area contributed by atoms with Crippen LogP contribution in [0.1, 0.15) is 39.5 Å². The van der Waals surface area contributed by atoms with Crippen molar-refractivity contribution in [1.29, 1.82) is 0 Å². The number of amides is 2. The van der Waals surface area contributed by atoms with E-state index >= 15 is 0 Å². The number of carbonyl (C=O) groups is 2. The van der Waals surface area contributed by atoms with Gasteiger partial charge in [0.25, 0.3) is 0 Å². The second kappa shape index (κ2) is 7.76. The Kier molecular flexibility index (Phi) is 6.65. The number of hydrogen-bond donors (Lipinski definition) is 2. The van der Waals surface area contributed by atoms with Crippen molar-refractivity contribution in [1.82, 2.24) is 10.2 Å². The Hall–Kier alpha value is -0.910. The molecule has 0 aromatic carbocycles. The molecule has 0 radical (unpaired) electrons. The molecule has 0 bridgehead atoms. The molecule has 2 amide bonds. The molecule has 1 aliphatic rings. The molecule has 0 aromatic rings. The van der Waals surface area contributed by atoms with Gasteiger partial charge in [0.1, 0.15) is 0 Å². The number of thioether (sulfide) groups is 1. The zero-order chi connectivity index (χ0) is 15.2. The monoisotopic (exact) mass is 302 g/mol. The highest BCUT2D eigenvalue weighted by Gasteiger charge is 2.40. The van der Waals surface area contributed by atoms with Gasteiger partial charge in [-0.05, 0) is 31.9 Å². The Labute approximate surface area is 125 Å². The van der Waals surface area contributed by atoms with Crippen molar-refractivity contribution >= 4 is 23.8 Å². The molecule has 0 aromatic heterocycles. The third kappa shape index (κ3) is 4.04. The van der Waals surface area contributed by atoms with Gasteiger partial charge in [-0.3, -0.25) is 4.79 Å². The Balaban J connectivity index is 2.52.